The molecule has 0 amide bonds. The molecule has 3 N–H and O–H groups in total. The van der Waals surface area contributed by atoms with Crippen LogP contribution in [0.4, 0.5) is 0 Å². The zero-order valence-electron chi connectivity index (χ0n) is 8.84. The second-order valence-corrected chi connectivity index (χ2v) is 3.53. The van der Waals surface area contributed by atoms with Crippen molar-refractivity contribution < 1.29 is 29.7 Å². The Hall–Kier alpha value is -1.69. The van der Waals surface area contributed by atoms with Crippen LogP contribution in [0, 0.1) is 5.92 Å². The summed E-state index contributed by atoms with van der Waals surface area (Å²) in [5.74, 6) is -4.59. The second-order valence-electron chi connectivity index (χ2n) is 3.53. The number of carboxylic acid groups (broad SMARTS) is 2. The minimum Gasteiger partial charge on any atom is -0.481 e. The van der Waals surface area contributed by atoms with Crippen molar-refractivity contribution in [3.8, 4) is 0 Å². The summed E-state index contributed by atoms with van der Waals surface area (Å²) in [5.41, 5.74) is 0.104. The third-order valence-electron chi connectivity index (χ3n) is 2.00. The van der Waals surface area contributed by atoms with Crippen LogP contribution in [0.1, 0.15) is 19.8 Å². The van der Waals surface area contributed by atoms with Crippen LogP contribution < -0.4 is 0 Å². The minimum atomic E-state index is -1.52. The lowest BCUT2D eigenvalue weighted by Crippen LogP contribution is -2.28. The van der Waals surface area contributed by atoms with Gasteiger partial charge in [-0.15, -0.1) is 0 Å². The topological polar surface area (TPSA) is 112 Å². The maximum absolute atomic E-state index is 11.2. The molecule has 0 bridgehead atoms. The lowest BCUT2D eigenvalue weighted by atomic mass is 9.94. The highest BCUT2D eigenvalue weighted by atomic mass is 16.4. The zero-order valence-corrected chi connectivity index (χ0v) is 8.84. The molecule has 0 heterocycles. The number of carbonyl (C=O) groups is 3. The lowest BCUT2D eigenvalue weighted by molar-refractivity contribution is -0.149. The number of hydrogen-bond acceptors (Lipinski definition) is 4. The highest BCUT2D eigenvalue weighted by molar-refractivity contribution is 5.97. The van der Waals surface area contributed by atoms with Gasteiger partial charge in [-0.25, -0.2) is 0 Å². The van der Waals surface area contributed by atoms with E-state index in [0.29, 0.717) is 0 Å². The van der Waals surface area contributed by atoms with Gasteiger partial charge in [0, 0.05) is 0 Å². The van der Waals surface area contributed by atoms with Crippen LogP contribution in [0.15, 0.2) is 12.2 Å². The van der Waals surface area contributed by atoms with Crippen molar-refractivity contribution in [2.75, 3.05) is 0 Å². The van der Waals surface area contributed by atoms with Crippen molar-refractivity contribution in [1.29, 1.82) is 0 Å². The smallest absolute Gasteiger partial charge is 0.307 e. The van der Waals surface area contributed by atoms with Gasteiger partial charge in [0.25, 0.3) is 0 Å². The Morgan fingerprint density at radius 2 is 1.75 bits per heavy atom. The molecule has 6 nitrogen and oxygen atoms in total. The number of hydrogen-bond donors (Lipinski definition) is 3. The Balaban J connectivity index is 4.51. The Labute approximate surface area is 92.2 Å². The number of rotatable bonds is 7. The summed E-state index contributed by atoms with van der Waals surface area (Å²) in [5, 5.41) is 26.5. The molecule has 0 aromatic carbocycles. The largest absolute Gasteiger partial charge is 0.481 e. The summed E-state index contributed by atoms with van der Waals surface area (Å²) < 4.78 is 0. The highest BCUT2D eigenvalue weighted by Crippen LogP contribution is 2.14. The van der Waals surface area contributed by atoms with Crippen LogP contribution in [0.3, 0.4) is 0 Å². The summed E-state index contributed by atoms with van der Waals surface area (Å²) in [6.45, 7) is 4.70. The van der Waals surface area contributed by atoms with E-state index in [4.69, 9.17) is 10.2 Å². The molecule has 16 heavy (non-hydrogen) atoms. The molecule has 0 aromatic rings. The number of aliphatic carboxylic acids is 2. The summed E-state index contributed by atoms with van der Waals surface area (Å²) >= 11 is 0. The highest BCUT2D eigenvalue weighted by Gasteiger charge is 2.27. The third-order valence-corrected chi connectivity index (χ3v) is 2.00. The standard InChI is InChI=1S/C10H14O6/c1-5(2)9(14)7(11)3-6(10(15)16)4-8(12)13/h6-7,11H,1,3-4H2,2H3,(H,12,13)(H,15,16). The Kier molecular flexibility index (Phi) is 5.38. The Morgan fingerprint density at radius 3 is 2.06 bits per heavy atom. The first kappa shape index (κ1) is 14.3. The number of ketones is 1. The van der Waals surface area contributed by atoms with E-state index in [9.17, 15) is 19.5 Å². The summed E-state index contributed by atoms with van der Waals surface area (Å²) in [6.07, 6.45) is -2.57. The van der Waals surface area contributed by atoms with Crippen molar-refractivity contribution in [2.24, 2.45) is 5.92 Å². The average Bonchev–Trinajstić information content (AvgIpc) is 2.14. The van der Waals surface area contributed by atoms with E-state index in [2.05, 4.69) is 6.58 Å². The molecule has 0 rings (SSSR count). The monoisotopic (exact) mass is 230 g/mol. The first-order valence-electron chi connectivity index (χ1n) is 4.58. The van der Waals surface area contributed by atoms with Gasteiger partial charge < -0.3 is 15.3 Å². The van der Waals surface area contributed by atoms with Crippen LogP contribution in [0.5, 0.6) is 0 Å². The van der Waals surface area contributed by atoms with Gasteiger partial charge in [-0.05, 0) is 18.9 Å². The van der Waals surface area contributed by atoms with Gasteiger partial charge in [0.2, 0.25) is 0 Å². The van der Waals surface area contributed by atoms with Crippen molar-refractivity contribution in [3.63, 3.8) is 0 Å². The fourth-order valence-electron chi connectivity index (χ4n) is 1.14. The third kappa shape index (κ3) is 4.70. The molecule has 0 aliphatic heterocycles. The average molecular weight is 230 g/mol. The van der Waals surface area contributed by atoms with Gasteiger partial charge in [-0.1, -0.05) is 6.58 Å². The van der Waals surface area contributed by atoms with Crippen molar-refractivity contribution in [2.45, 2.75) is 25.9 Å². The minimum absolute atomic E-state index is 0.104. The molecule has 0 saturated carbocycles. The second kappa shape index (κ2) is 6.02. The molecule has 2 atom stereocenters. The summed E-state index contributed by atoms with van der Waals surface area (Å²) in [7, 11) is 0. The number of Topliss-reactive ketones (excluding diaryl/α,β-unsaturated/α-hetero) is 1. The number of aliphatic hydroxyl groups excluding tert-OH is 1. The fourth-order valence-corrected chi connectivity index (χ4v) is 1.14. The van der Waals surface area contributed by atoms with E-state index in [1.807, 2.05) is 0 Å². The van der Waals surface area contributed by atoms with Gasteiger partial charge in [0.1, 0.15) is 6.10 Å². The molecule has 0 aliphatic carbocycles. The Morgan fingerprint density at radius 1 is 1.25 bits per heavy atom. The van der Waals surface area contributed by atoms with Crippen LogP contribution in [-0.2, 0) is 14.4 Å². The molecule has 0 aliphatic rings. The zero-order chi connectivity index (χ0) is 12.9. The van der Waals surface area contributed by atoms with Crippen molar-refractivity contribution in [3.05, 3.63) is 12.2 Å². The van der Waals surface area contributed by atoms with E-state index in [-0.39, 0.29) is 5.57 Å². The molecule has 0 radical (unpaired) electrons. The van der Waals surface area contributed by atoms with Gasteiger partial charge in [0.05, 0.1) is 12.3 Å². The van der Waals surface area contributed by atoms with E-state index < -0.39 is 42.6 Å². The van der Waals surface area contributed by atoms with Crippen LogP contribution >= 0.6 is 0 Å². The molecular formula is C10H14O6. The van der Waals surface area contributed by atoms with Gasteiger partial charge in [0.15, 0.2) is 5.78 Å². The van der Waals surface area contributed by atoms with Crippen LogP contribution in [-0.4, -0.2) is 39.1 Å². The molecule has 0 spiro atoms. The molecule has 6 heteroatoms. The first-order chi connectivity index (χ1) is 7.25. The molecule has 0 saturated heterocycles. The van der Waals surface area contributed by atoms with E-state index >= 15 is 0 Å². The normalized spacial score (nSPS) is 13.9. The molecule has 2 unspecified atom stereocenters. The fraction of sp³-hybridized carbons (Fsp3) is 0.500. The predicted octanol–water partition coefficient (Wildman–Crippen LogP) is 0.0581. The SMILES string of the molecule is C=C(C)C(=O)C(O)CC(CC(=O)O)C(=O)O. The summed E-state index contributed by atoms with van der Waals surface area (Å²) in [4.78, 5) is 32.2. The first-order valence-corrected chi connectivity index (χ1v) is 4.58. The van der Waals surface area contributed by atoms with Crippen molar-refractivity contribution >= 4 is 17.7 Å². The van der Waals surface area contributed by atoms with Gasteiger partial charge >= 0.3 is 11.9 Å². The molecule has 0 aromatic heterocycles. The van der Waals surface area contributed by atoms with Gasteiger partial charge in [-0.2, -0.15) is 0 Å². The predicted molar refractivity (Wildman–Crippen MR) is 53.8 cm³/mol. The number of carboxylic acids is 2. The van der Waals surface area contributed by atoms with E-state index in [1.165, 1.54) is 6.92 Å². The van der Waals surface area contributed by atoms with Crippen molar-refractivity contribution in [1.82, 2.24) is 0 Å². The van der Waals surface area contributed by atoms with Crippen LogP contribution in [0.25, 0.3) is 0 Å². The lowest BCUT2D eigenvalue weighted by Gasteiger charge is -2.14. The van der Waals surface area contributed by atoms with E-state index in [1.54, 1.807) is 0 Å². The molecular weight excluding hydrogens is 216 g/mol. The van der Waals surface area contributed by atoms with Crippen LogP contribution in [0.2, 0.25) is 0 Å². The molecule has 0 fully saturated rings. The maximum Gasteiger partial charge on any atom is 0.307 e. The van der Waals surface area contributed by atoms with E-state index in [0.717, 1.165) is 0 Å². The quantitative estimate of drug-likeness (QED) is 0.533. The molecule has 90 valence electrons. The maximum atomic E-state index is 11.2. The Bertz CT molecular complexity index is 319. The number of aliphatic hydroxyl groups is 1. The summed E-state index contributed by atoms with van der Waals surface area (Å²) in [6, 6.07) is 0. The number of carbonyl (C=O) groups excluding carboxylic acids is 1. The van der Waals surface area contributed by atoms with Gasteiger partial charge in [-0.3, -0.25) is 14.4 Å².